The molecule has 0 aliphatic rings. The summed E-state index contributed by atoms with van der Waals surface area (Å²) in [7, 11) is 0. The Morgan fingerprint density at radius 1 is 0.800 bits per heavy atom. The summed E-state index contributed by atoms with van der Waals surface area (Å²) in [6.45, 7) is 0.119. The fourth-order valence-corrected chi connectivity index (χ4v) is 2.87. The van der Waals surface area contributed by atoms with Gasteiger partial charge in [-0.1, -0.05) is 0 Å². The standard InChI is InChI=1S/C18H33N9O7S/c19-8(3-4-12(20)28)14(30)27-11(7-35)16(32)26-10(6-13(21)29)15(31)25-9(17(33)34)2-1-5-24-18(22)23/h8-11,35H,1-7,19H2,(H2,20,28)(H2,21,29)(H,25,31)(H,26,32)(H,27,30)(H,33,34)(H4,22,23,24). The number of hydrogen-bond donors (Lipinski definition) is 10. The van der Waals surface area contributed by atoms with Gasteiger partial charge in [0.1, 0.15) is 18.1 Å². The van der Waals surface area contributed by atoms with Gasteiger partial charge in [0.15, 0.2) is 5.96 Å². The van der Waals surface area contributed by atoms with Crippen LogP contribution in [0.3, 0.4) is 0 Å². The highest BCUT2D eigenvalue weighted by Crippen LogP contribution is 2.03. The molecule has 4 unspecified atom stereocenters. The van der Waals surface area contributed by atoms with Crippen LogP contribution in [0.15, 0.2) is 4.99 Å². The Morgan fingerprint density at radius 2 is 1.34 bits per heavy atom. The van der Waals surface area contributed by atoms with E-state index in [9.17, 15) is 33.9 Å². The van der Waals surface area contributed by atoms with E-state index in [1.807, 2.05) is 0 Å². The second kappa shape index (κ2) is 16.1. The van der Waals surface area contributed by atoms with Crippen LogP contribution in [0.25, 0.3) is 0 Å². The lowest BCUT2D eigenvalue weighted by molar-refractivity contribution is -0.142. The Kier molecular flexibility index (Phi) is 14.4. The summed E-state index contributed by atoms with van der Waals surface area (Å²) in [5.74, 6) is -6.04. The second-order valence-electron chi connectivity index (χ2n) is 7.44. The van der Waals surface area contributed by atoms with Gasteiger partial charge in [-0.25, -0.2) is 4.79 Å². The molecule has 0 aromatic carbocycles. The number of carbonyl (C=O) groups excluding carboxylic acids is 5. The predicted octanol–water partition coefficient (Wildman–Crippen LogP) is -5.02. The summed E-state index contributed by atoms with van der Waals surface area (Å²) in [5.41, 5.74) is 26.2. The Bertz CT molecular complexity index is 820. The first-order chi connectivity index (χ1) is 16.3. The number of guanidine groups is 1. The number of aliphatic imine (C=N–C) groups is 1. The van der Waals surface area contributed by atoms with Crippen LogP contribution < -0.4 is 44.6 Å². The molecule has 0 fully saturated rings. The number of rotatable bonds is 17. The zero-order valence-corrected chi connectivity index (χ0v) is 19.8. The molecule has 0 rings (SSSR count). The third kappa shape index (κ3) is 13.6. The Balaban J connectivity index is 5.24. The molecule has 0 spiro atoms. The highest BCUT2D eigenvalue weighted by Gasteiger charge is 2.30. The molecule has 0 radical (unpaired) electrons. The van der Waals surface area contributed by atoms with Gasteiger partial charge in [-0.05, 0) is 19.3 Å². The number of amides is 5. The molecule has 0 saturated carbocycles. The lowest BCUT2D eigenvalue weighted by Crippen LogP contribution is -2.58. The number of thiol groups is 1. The number of carboxylic acids is 1. The summed E-state index contributed by atoms with van der Waals surface area (Å²) < 4.78 is 0. The minimum absolute atomic E-state index is 0.0480. The highest BCUT2D eigenvalue weighted by molar-refractivity contribution is 7.80. The average Bonchev–Trinajstić information content (AvgIpc) is 2.75. The van der Waals surface area contributed by atoms with Gasteiger partial charge in [-0.3, -0.25) is 29.0 Å². The van der Waals surface area contributed by atoms with Gasteiger partial charge in [-0.15, -0.1) is 0 Å². The number of primary amides is 2. The fraction of sp³-hybridized carbons (Fsp3) is 0.611. The number of nitrogens with one attached hydrogen (secondary N) is 3. The fourth-order valence-electron chi connectivity index (χ4n) is 2.62. The molecule has 0 aromatic rings. The maximum Gasteiger partial charge on any atom is 0.326 e. The van der Waals surface area contributed by atoms with Crippen molar-refractivity contribution in [2.75, 3.05) is 12.3 Å². The molecular formula is C18H33N9O7S. The number of hydrogen-bond acceptors (Lipinski definition) is 9. The summed E-state index contributed by atoms with van der Waals surface area (Å²) in [6.07, 6.45) is -0.693. The van der Waals surface area contributed by atoms with Crippen LogP contribution in [0.5, 0.6) is 0 Å². The van der Waals surface area contributed by atoms with Crippen LogP contribution in [0.2, 0.25) is 0 Å². The second-order valence-corrected chi connectivity index (χ2v) is 7.80. The minimum atomic E-state index is -1.54. The topological polar surface area (TPSA) is 301 Å². The van der Waals surface area contributed by atoms with E-state index in [1.165, 1.54) is 0 Å². The highest BCUT2D eigenvalue weighted by atomic mass is 32.1. The molecule has 4 atom stereocenters. The molecule has 17 heteroatoms. The molecule has 0 aromatic heterocycles. The van der Waals surface area contributed by atoms with E-state index >= 15 is 0 Å². The molecule has 16 nitrogen and oxygen atoms in total. The zero-order valence-electron chi connectivity index (χ0n) is 18.9. The first-order valence-corrected chi connectivity index (χ1v) is 11.0. The average molecular weight is 520 g/mol. The first-order valence-electron chi connectivity index (χ1n) is 10.4. The van der Waals surface area contributed by atoms with E-state index < -0.39 is 66.1 Å². The summed E-state index contributed by atoms with van der Waals surface area (Å²) in [4.78, 5) is 74.9. The van der Waals surface area contributed by atoms with E-state index in [2.05, 4.69) is 33.6 Å². The lowest BCUT2D eigenvalue weighted by atomic mass is 10.1. The van der Waals surface area contributed by atoms with Crippen molar-refractivity contribution in [3.8, 4) is 0 Å². The normalized spacial score (nSPS) is 13.9. The summed E-state index contributed by atoms with van der Waals surface area (Å²) in [5, 5.41) is 16.1. The maximum absolute atomic E-state index is 12.6. The molecule has 0 saturated heterocycles. The van der Waals surface area contributed by atoms with Gasteiger partial charge in [-0.2, -0.15) is 12.6 Å². The molecular weight excluding hydrogens is 486 g/mol. The molecule has 0 aliphatic heterocycles. The quantitative estimate of drug-likeness (QED) is 0.0377. The van der Waals surface area contributed by atoms with E-state index in [4.69, 9.17) is 28.7 Å². The van der Waals surface area contributed by atoms with E-state index in [1.54, 1.807) is 0 Å². The summed E-state index contributed by atoms with van der Waals surface area (Å²) >= 11 is 3.98. The SMILES string of the molecule is NC(=O)CCC(N)C(=O)NC(CS)C(=O)NC(CC(N)=O)C(=O)NC(CCCN=C(N)N)C(=O)O. The van der Waals surface area contributed by atoms with Crippen molar-refractivity contribution in [1.82, 2.24) is 16.0 Å². The van der Waals surface area contributed by atoms with E-state index in [-0.39, 0.29) is 43.9 Å². The molecule has 5 amide bonds. The monoisotopic (exact) mass is 519 g/mol. The van der Waals surface area contributed by atoms with Crippen molar-refractivity contribution in [1.29, 1.82) is 0 Å². The Labute approximate surface area is 206 Å². The van der Waals surface area contributed by atoms with Crippen molar-refractivity contribution in [3.05, 3.63) is 0 Å². The third-order valence-corrected chi connectivity index (χ3v) is 4.82. The maximum atomic E-state index is 12.6. The van der Waals surface area contributed by atoms with Crippen LogP contribution in [0.4, 0.5) is 0 Å². The Hall–Kier alpha value is -3.60. The number of carboxylic acid groups (broad SMARTS) is 1. The molecule has 198 valence electrons. The Morgan fingerprint density at radius 3 is 1.83 bits per heavy atom. The number of carbonyl (C=O) groups is 6. The molecule has 0 heterocycles. The largest absolute Gasteiger partial charge is 0.480 e. The molecule has 0 bridgehead atoms. The van der Waals surface area contributed by atoms with Crippen LogP contribution in [0, 0.1) is 0 Å². The van der Waals surface area contributed by atoms with Crippen molar-refractivity contribution < 1.29 is 33.9 Å². The van der Waals surface area contributed by atoms with Crippen molar-refractivity contribution in [2.24, 2.45) is 33.7 Å². The minimum Gasteiger partial charge on any atom is -0.480 e. The number of aliphatic carboxylic acids is 1. The van der Waals surface area contributed by atoms with Gasteiger partial charge in [0, 0.05) is 18.7 Å². The van der Waals surface area contributed by atoms with Crippen molar-refractivity contribution >= 4 is 54.1 Å². The first kappa shape index (κ1) is 31.4. The van der Waals surface area contributed by atoms with Crippen LogP contribution in [0.1, 0.15) is 32.1 Å². The van der Waals surface area contributed by atoms with E-state index in [0.29, 0.717) is 0 Å². The smallest absolute Gasteiger partial charge is 0.326 e. The van der Waals surface area contributed by atoms with E-state index in [0.717, 1.165) is 0 Å². The van der Waals surface area contributed by atoms with Gasteiger partial charge in [0.05, 0.1) is 12.5 Å². The van der Waals surface area contributed by atoms with Crippen LogP contribution >= 0.6 is 12.6 Å². The van der Waals surface area contributed by atoms with Crippen molar-refractivity contribution in [3.63, 3.8) is 0 Å². The van der Waals surface area contributed by atoms with Gasteiger partial charge < -0.3 is 49.7 Å². The van der Waals surface area contributed by atoms with Gasteiger partial charge in [0.2, 0.25) is 29.5 Å². The number of nitrogens with two attached hydrogens (primary N) is 5. The summed E-state index contributed by atoms with van der Waals surface area (Å²) in [6, 6.07) is -5.32. The van der Waals surface area contributed by atoms with Gasteiger partial charge >= 0.3 is 5.97 Å². The third-order valence-electron chi connectivity index (χ3n) is 4.45. The predicted molar refractivity (Wildman–Crippen MR) is 127 cm³/mol. The van der Waals surface area contributed by atoms with Crippen LogP contribution in [-0.4, -0.2) is 83.0 Å². The van der Waals surface area contributed by atoms with Crippen molar-refractivity contribution in [2.45, 2.75) is 56.3 Å². The van der Waals surface area contributed by atoms with Gasteiger partial charge in [0.25, 0.3) is 0 Å². The lowest BCUT2D eigenvalue weighted by Gasteiger charge is -2.24. The molecule has 35 heavy (non-hydrogen) atoms. The number of nitrogens with zero attached hydrogens (tertiary/aromatic N) is 1. The molecule has 14 N–H and O–H groups in total. The molecule has 0 aliphatic carbocycles. The zero-order chi connectivity index (χ0) is 27.1. The van der Waals surface area contributed by atoms with Crippen LogP contribution in [-0.2, 0) is 28.8 Å².